The maximum atomic E-state index is 13.4. The van der Waals surface area contributed by atoms with Crippen molar-refractivity contribution in [2.24, 2.45) is 5.92 Å². The van der Waals surface area contributed by atoms with Gasteiger partial charge in [0.2, 0.25) is 0 Å². The Balaban J connectivity index is 1.99. The van der Waals surface area contributed by atoms with E-state index in [0.29, 0.717) is 29.5 Å². The van der Waals surface area contributed by atoms with Crippen LogP contribution in [0.4, 0.5) is 32.0 Å². The predicted octanol–water partition coefficient (Wildman–Crippen LogP) is 5.04. The summed E-state index contributed by atoms with van der Waals surface area (Å²) in [5.41, 5.74) is -5.76. The smallest absolute Gasteiger partial charge is 0.430 e. The van der Waals surface area contributed by atoms with E-state index >= 15 is 0 Å². The molecule has 1 N–H and O–H groups in total. The average Bonchev–Trinajstić information content (AvgIpc) is 2.95. The van der Waals surface area contributed by atoms with E-state index in [1.807, 2.05) is 0 Å². The number of rotatable bonds is 7. The first kappa shape index (κ1) is 26.7. The Hall–Kier alpha value is -2.95. The van der Waals surface area contributed by atoms with Gasteiger partial charge in [-0.2, -0.15) is 26.3 Å². The number of carbonyl (C=O) groups excluding carboxylic acids is 1. The summed E-state index contributed by atoms with van der Waals surface area (Å²) in [6, 6.07) is 9.28. The van der Waals surface area contributed by atoms with Crippen LogP contribution in [0.25, 0.3) is 0 Å². The lowest BCUT2D eigenvalue weighted by Crippen LogP contribution is -2.54. The van der Waals surface area contributed by atoms with Gasteiger partial charge in [0.25, 0.3) is 5.60 Å². The van der Waals surface area contributed by atoms with Crippen molar-refractivity contribution in [3.8, 4) is 11.5 Å². The number of aldehydes is 1. The maximum absolute atomic E-state index is 13.4. The number of aryl methyl sites for hydroxylation is 1. The van der Waals surface area contributed by atoms with Gasteiger partial charge in [-0.25, -0.2) is 0 Å². The van der Waals surface area contributed by atoms with Gasteiger partial charge < -0.3 is 24.3 Å². The minimum absolute atomic E-state index is 0.0928. The second-order valence-electron chi connectivity index (χ2n) is 8.53. The largest absolute Gasteiger partial charge is 0.497 e. The normalized spacial score (nSPS) is 17.9. The quantitative estimate of drug-likeness (QED) is 0.422. The summed E-state index contributed by atoms with van der Waals surface area (Å²) in [6.45, 7) is 2.07. The van der Waals surface area contributed by atoms with Crippen LogP contribution in [0.15, 0.2) is 42.5 Å². The molecule has 2 aromatic carbocycles. The van der Waals surface area contributed by atoms with Crippen LogP contribution in [0.5, 0.6) is 11.5 Å². The lowest BCUT2D eigenvalue weighted by Gasteiger charge is -2.34. The second kappa shape index (κ2) is 9.96. The molecular weight excluding hydrogens is 480 g/mol. The minimum atomic E-state index is -5.98. The van der Waals surface area contributed by atoms with Crippen molar-refractivity contribution in [2.75, 3.05) is 25.1 Å². The van der Waals surface area contributed by atoms with Crippen LogP contribution in [-0.4, -0.2) is 50.0 Å². The Bertz CT molecular complexity index is 1030. The molecule has 1 heterocycles. The monoisotopic (exact) mass is 505 g/mol. The summed E-state index contributed by atoms with van der Waals surface area (Å²) in [6.07, 6.45) is -11.4. The highest BCUT2D eigenvalue weighted by molar-refractivity contribution is 5.60. The number of nitrogens with zero attached hydrogens (tertiary/aromatic N) is 1. The lowest BCUT2D eigenvalue weighted by molar-refractivity contribution is -0.376. The summed E-state index contributed by atoms with van der Waals surface area (Å²) in [4.78, 5) is 13.0. The van der Waals surface area contributed by atoms with Gasteiger partial charge in [-0.05, 0) is 36.6 Å². The number of methoxy groups -OCH3 is 1. The Morgan fingerprint density at radius 2 is 1.74 bits per heavy atom. The third kappa shape index (κ3) is 5.50. The molecule has 0 bridgehead atoms. The van der Waals surface area contributed by atoms with Crippen molar-refractivity contribution in [1.29, 1.82) is 0 Å². The molecule has 0 fully saturated rings. The highest BCUT2D eigenvalue weighted by Crippen LogP contribution is 2.50. The third-order valence-electron chi connectivity index (χ3n) is 5.90. The van der Waals surface area contributed by atoms with Gasteiger partial charge in [0.15, 0.2) is 0 Å². The minimum Gasteiger partial charge on any atom is -0.497 e. The topological polar surface area (TPSA) is 59.0 Å². The fourth-order valence-corrected chi connectivity index (χ4v) is 4.09. The zero-order valence-electron chi connectivity index (χ0n) is 19.0. The van der Waals surface area contributed by atoms with Crippen molar-refractivity contribution < 1.29 is 45.7 Å². The Labute approximate surface area is 198 Å². The lowest BCUT2D eigenvalue weighted by atomic mass is 9.89. The van der Waals surface area contributed by atoms with Crippen molar-refractivity contribution in [2.45, 2.75) is 43.8 Å². The number of aliphatic hydroxyl groups is 1. The van der Waals surface area contributed by atoms with Crippen LogP contribution in [0.1, 0.15) is 24.5 Å². The van der Waals surface area contributed by atoms with Gasteiger partial charge in [0.05, 0.1) is 13.7 Å². The molecule has 0 aliphatic carbocycles. The van der Waals surface area contributed by atoms with Gasteiger partial charge in [0.1, 0.15) is 23.9 Å². The van der Waals surface area contributed by atoms with Crippen LogP contribution >= 0.6 is 0 Å². The molecule has 1 unspecified atom stereocenters. The first-order chi connectivity index (χ1) is 16.3. The van der Waals surface area contributed by atoms with Crippen molar-refractivity contribution >= 4 is 12.0 Å². The molecule has 1 aliphatic heterocycles. The summed E-state index contributed by atoms with van der Waals surface area (Å²) in [7, 11) is 1.49. The van der Waals surface area contributed by atoms with E-state index in [4.69, 9.17) is 9.47 Å². The molecule has 5 nitrogen and oxygen atoms in total. The van der Waals surface area contributed by atoms with Crippen LogP contribution in [-0.2, 0) is 16.8 Å². The van der Waals surface area contributed by atoms with E-state index in [1.54, 1.807) is 36.1 Å². The number of carbonyl (C=O) groups is 1. The summed E-state index contributed by atoms with van der Waals surface area (Å²) >= 11 is 0. The van der Waals surface area contributed by atoms with Crippen molar-refractivity contribution in [3.63, 3.8) is 0 Å². The Morgan fingerprint density at radius 3 is 2.34 bits per heavy atom. The molecule has 0 aromatic heterocycles. The van der Waals surface area contributed by atoms with E-state index in [0.717, 1.165) is 12.1 Å². The van der Waals surface area contributed by atoms with E-state index < -0.39 is 35.5 Å². The molecule has 11 heteroatoms. The molecule has 0 spiro atoms. The van der Waals surface area contributed by atoms with E-state index in [-0.39, 0.29) is 31.5 Å². The molecule has 192 valence electrons. The van der Waals surface area contributed by atoms with Gasteiger partial charge in [-0.1, -0.05) is 25.1 Å². The zero-order chi connectivity index (χ0) is 26.0. The van der Waals surface area contributed by atoms with Gasteiger partial charge in [-0.15, -0.1) is 0 Å². The van der Waals surface area contributed by atoms with Crippen LogP contribution < -0.4 is 14.4 Å². The molecule has 3 rings (SSSR count). The number of halogens is 6. The fraction of sp³-hybridized carbons (Fsp3) is 0.458. The number of fused-ring (bicyclic) bond motifs is 1. The van der Waals surface area contributed by atoms with Gasteiger partial charge >= 0.3 is 12.4 Å². The molecule has 35 heavy (non-hydrogen) atoms. The number of anilines is 1. The number of benzene rings is 2. The maximum Gasteiger partial charge on any atom is 0.430 e. The standard InChI is InChI=1S/C24H25F6NO4/c1-15(14-32)12-31-13-20(35-19-5-3-4-18(11-19)34-2)8-6-16-10-17(7-9-21(16)31)22(33,23(25,26)27)24(28,29)30/h3-5,7,9-11,14-15,20,33H,6,8,12-13H2,1-2H3/t15?,20-/m0/s1. The third-order valence-corrected chi connectivity index (χ3v) is 5.90. The molecule has 0 radical (unpaired) electrons. The molecule has 0 saturated heterocycles. The van der Waals surface area contributed by atoms with Crippen molar-refractivity contribution in [3.05, 3.63) is 53.6 Å². The van der Waals surface area contributed by atoms with Gasteiger partial charge in [-0.3, -0.25) is 0 Å². The van der Waals surface area contributed by atoms with Crippen LogP contribution in [0, 0.1) is 5.92 Å². The summed E-state index contributed by atoms with van der Waals surface area (Å²) in [5.74, 6) is 0.572. The summed E-state index contributed by atoms with van der Waals surface area (Å²) < 4.78 is 91.7. The van der Waals surface area contributed by atoms with Crippen LogP contribution in [0.3, 0.4) is 0 Å². The van der Waals surface area contributed by atoms with E-state index in [2.05, 4.69) is 0 Å². The molecule has 0 amide bonds. The van der Waals surface area contributed by atoms with E-state index in [1.165, 1.54) is 7.11 Å². The van der Waals surface area contributed by atoms with Crippen molar-refractivity contribution in [1.82, 2.24) is 0 Å². The molecule has 1 aliphatic rings. The highest BCUT2D eigenvalue weighted by atomic mass is 19.4. The summed E-state index contributed by atoms with van der Waals surface area (Å²) in [5, 5.41) is 9.83. The van der Waals surface area contributed by atoms with Gasteiger partial charge in [0, 0.05) is 29.8 Å². The Morgan fingerprint density at radius 1 is 1.09 bits per heavy atom. The molecule has 2 atom stereocenters. The molecular formula is C24H25F6NO4. The number of hydrogen-bond acceptors (Lipinski definition) is 5. The predicted molar refractivity (Wildman–Crippen MR) is 116 cm³/mol. The molecule has 0 saturated carbocycles. The number of hydrogen-bond donors (Lipinski definition) is 1. The average molecular weight is 505 g/mol. The SMILES string of the molecule is COc1cccc(O[C@H]2CCc3cc(C(O)(C(F)(F)F)C(F)(F)F)ccc3N(CC(C)C=O)C2)c1. The molecule has 2 aromatic rings. The Kier molecular flexibility index (Phi) is 7.59. The van der Waals surface area contributed by atoms with E-state index in [9.17, 15) is 36.2 Å². The number of alkyl halides is 6. The highest BCUT2D eigenvalue weighted by Gasteiger charge is 2.71. The second-order valence-corrected chi connectivity index (χ2v) is 8.53. The fourth-order valence-electron chi connectivity index (χ4n) is 4.09. The zero-order valence-corrected chi connectivity index (χ0v) is 19.0. The van der Waals surface area contributed by atoms with Crippen LogP contribution in [0.2, 0.25) is 0 Å². The first-order valence-corrected chi connectivity index (χ1v) is 10.8. The first-order valence-electron chi connectivity index (χ1n) is 10.8. The number of ether oxygens (including phenoxy) is 2.